The molecular formula is C13H20N4O3S. The van der Waals surface area contributed by atoms with E-state index in [1.807, 2.05) is 23.1 Å². The Bertz CT molecular complexity index is 568. The highest BCUT2D eigenvalue weighted by molar-refractivity contribution is 7.88. The summed E-state index contributed by atoms with van der Waals surface area (Å²) in [4.78, 5) is 17.9. The molecule has 0 saturated carbocycles. The molecule has 1 aromatic heterocycles. The minimum Gasteiger partial charge on any atom is -0.349 e. The zero-order chi connectivity index (χ0) is 15.3. The number of nitrogens with one attached hydrogen (secondary N) is 1. The van der Waals surface area contributed by atoms with Crippen LogP contribution < -0.4 is 5.32 Å². The van der Waals surface area contributed by atoms with Crippen molar-refractivity contribution >= 4 is 15.9 Å². The average molecular weight is 312 g/mol. The second kappa shape index (κ2) is 6.97. The van der Waals surface area contributed by atoms with Gasteiger partial charge in [-0.15, -0.1) is 0 Å². The summed E-state index contributed by atoms with van der Waals surface area (Å²) in [5.74, 6) is -0.0755. The molecular weight excluding hydrogens is 292 g/mol. The van der Waals surface area contributed by atoms with Crippen LogP contribution in [0.1, 0.15) is 5.69 Å². The number of sulfonamides is 1. The summed E-state index contributed by atoms with van der Waals surface area (Å²) >= 11 is 0. The fourth-order valence-corrected chi connectivity index (χ4v) is 3.00. The predicted molar refractivity (Wildman–Crippen MR) is 78.9 cm³/mol. The van der Waals surface area contributed by atoms with E-state index in [2.05, 4.69) is 10.3 Å². The third-order valence-electron chi connectivity index (χ3n) is 3.36. The van der Waals surface area contributed by atoms with Gasteiger partial charge in [0, 0.05) is 32.4 Å². The number of carbonyl (C=O) groups is 1. The van der Waals surface area contributed by atoms with Crippen molar-refractivity contribution in [1.29, 1.82) is 0 Å². The highest BCUT2D eigenvalue weighted by Crippen LogP contribution is 2.05. The van der Waals surface area contributed by atoms with E-state index >= 15 is 0 Å². The van der Waals surface area contributed by atoms with E-state index in [1.165, 1.54) is 10.6 Å². The van der Waals surface area contributed by atoms with Gasteiger partial charge in [0.15, 0.2) is 0 Å². The number of pyridine rings is 1. The van der Waals surface area contributed by atoms with E-state index in [4.69, 9.17) is 0 Å². The molecule has 1 fully saturated rings. The molecule has 0 atom stereocenters. The quantitative estimate of drug-likeness (QED) is 0.775. The molecule has 1 N–H and O–H groups in total. The number of hydrogen-bond acceptors (Lipinski definition) is 5. The summed E-state index contributed by atoms with van der Waals surface area (Å²) in [6, 6.07) is 5.55. The van der Waals surface area contributed by atoms with Crippen LogP contribution in [0.15, 0.2) is 24.4 Å². The van der Waals surface area contributed by atoms with Crippen LogP contribution in [0.5, 0.6) is 0 Å². The van der Waals surface area contributed by atoms with Crippen LogP contribution in [0.3, 0.4) is 0 Å². The third kappa shape index (κ3) is 5.07. The lowest BCUT2D eigenvalue weighted by Crippen LogP contribution is -2.50. The summed E-state index contributed by atoms with van der Waals surface area (Å²) in [6.07, 6.45) is 2.90. The molecule has 0 bridgehead atoms. The number of piperazine rings is 1. The molecule has 1 aliphatic rings. The summed E-state index contributed by atoms with van der Waals surface area (Å²) in [5, 5.41) is 2.81. The number of nitrogens with zero attached hydrogens (tertiary/aromatic N) is 3. The second-order valence-corrected chi connectivity index (χ2v) is 7.02. The molecule has 1 aliphatic heterocycles. The van der Waals surface area contributed by atoms with Crippen molar-refractivity contribution in [3.63, 3.8) is 0 Å². The molecule has 1 aromatic rings. The van der Waals surface area contributed by atoms with E-state index in [-0.39, 0.29) is 12.5 Å². The summed E-state index contributed by atoms with van der Waals surface area (Å²) in [7, 11) is -3.13. The van der Waals surface area contributed by atoms with Crippen molar-refractivity contribution in [2.24, 2.45) is 0 Å². The third-order valence-corrected chi connectivity index (χ3v) is 4.66. The normalized spacial score (nSPS) is 17.6. The standard InChI is InChI=1S/C13H20N4O3S/c1-21(19,20)17-8-6-16(7-9-17)11-13(18)15-10-12-4-2-3-5-14-12/h2-5H,6-11H2,1H3,(H,15,18). The first-order valence-corrected chi connectivity index (χ1v) is 8.64. The van der Waals surface area contributed by atoms with Crippen molar-refractivity contribution in [2.45, 2.75) is 6.54 Å². The molecule has 1 amide bonds. The van der Waals surface area contributed by atoms with Gasteiger partial charge >= 0.3 is 0 Å². The number of hydrogen-bond donors (Lipinski definition) is 1. The lowest BCUT2D eigenvalue weighted by atomic mass is 10.3. The van der Waals surface area contributed by atoms with Crippen LogP contribution >= 0.6 is 0 Å². The average Bonchev–Trinajstić information content (AvgIpc) is 2.46. The van der Waals surface area contributed by atoms with Crippen LogP contribution in [0.2, 0.25) is 0 Å². The SMILES string of the molecule is CS(=O)(=O)N1CCN(CC(=O)NCc2ccccn2)CC1. The Hall–Kier alpha value is -1.51. The number of amides is 1. The van der Waals surface area contributed by atoms with Crippen LogP contribution in [-0.2, 0) is 21.4 Å². The van der Waals surface area contributed by atoms with E-state index in [1.54, 1.807) is 6.20 Å². The lowest BCUT2D eigenvalue weighted by Gasteiger charge is -2.32. The number of carbonyl (C=O) groups excluding carboxylic acids is 1. The molecule has 8 heteroatoms. The van der Waals surface area contributed by atoms with Gasteiger partial charge in [-0.1, -0.05) is 6.07 Å². The molecule has 21 heavy (non-hydrogen) atoms. The predicted octanol–water partition coefficient (Wildman–Crippen LogP) is -0.725. The molecule has 0 aromatic carbocycles. The van der Waals surface area contributed by atoms with Gasteiger partial charge in [0.25, 0.3) is 0 Å². The molecule has 0 unspecified atom stereocenters. The summed E-state index contributed by atoms with van der Waals surface area (Å²) in [5.41, 5.74) is 0.813. The van der Waals surface area contributed by atoms with Crippen molar-refractivity contribution in [1.82, 2.24) is 19.5 Å². The number of rotatable bonds is 5. The zero-order valence-corrected chi connectivity index (χ0v) is 12.8. The Labute approximate surface area is 125 Å². The Balaban J connectivity index is 1.72. The Kier molecular flexibility index (Phi) is 5.27. The molecule has 7 nitrogen and oxygen atoms in total. The maximum atomic E-state index is 11.9. The Morgan fingerprint density at radius 2 is 2.00 bits per heavy atom. The first kappa shape index (κ1) is 15.9. The Morgan fingerprint density at radius 3 is 2.57 bits per heavy atom. The second-order valence-electron chi connectivity index (χ2n) is 5.04. The molecule has 0 radical (unpaired) electrons. The summed E-state index contributed by atoms with van der Waals surface area (Å²) in [6.45, 7) is 2.71. The highest BCUT2D eigenvalue weighted by atomic mass is 32.2. The van der Waals surface area contributed by atoms with Gasteiger partial charge < -0.3 is 5.32 Å². The van der Waals surface area contributed by atoms with Crippen LogP contribution in [0.4, 0.5) is 0 Å². The maximum Gasteiger partial charge on any atom is 0.234 e. The van der Waals surface area contributed by atoms with Gasteiger partial charge in [-0.25, -0.2) is 8.42 Å². The van der Waals surface area contributed by atoms with E-state index in [0.717, 1.165) is 5.69 Å². The maximum absolute atomic E-state index is 11.9. The first-order chi connectivity index (χ1) is 9.95. The molecule has 2 heterocycles. The van der Waals surface area contributed by atoms with Gasteiger partial charge in [-0.3, -0.25) is 14.7 Å². The van der Waals surface area contributed by atoms with Crippen LogP contribution in [0.25, 0.3) is 0 Å². The van der Waals surface area contributed by atoms with Gasteiger partial charge in [0.1, 0.15) is 0 Å². The molecule has 1 saturated heterocycles. The monoisotopic (exact) mass is 312 g/mol. The van der Waals surface area contributed by atoms with Crippen molar-refractivity contribution in [2.75, 3.05) is 39.0 Å². The van der Waals surface area contributed by atoms with Crippen LogP contribution in [0, 0.1) is 0 Å². The molecule has 116 valence electrons. The van der Waals surface area contributed by atoms with E-state index < -0.39 is 10.0 Å². The largest absolute Gasteiger partial charge is 0.349 e. The minimum atomic E-state index is -3.13. The van der Waals surface area contributed by atoms with Gasteiger partial charge in [-0.2, -0.15) is 4.31 Å². The molecule has 0 aliphatic carbocycles. The van der Waals surface area contributed by atoms with Crippen molar-refractivity contribution in [3.05, 3.63) is 30.1 Å². The number of aromatic nitrogens is 1. The van der Waals surface area contributed by atoms with Crippen molar-refractivity contribution in [3.8, 4) is 0 Å². The van der Waals surface area contributed by atoms with Gasteiger partial charge in [-0.05, 0) is 12.1 Å². The molecule has 0 spiro atoms. The summed E-state index contributed by atoms with van der Waals surface area (Å²) < 4.78 is 24.2. The highest BCUT2D eigenvalue weighted by Gasteiger charge is 2.24. The van der Waals surface area contributed by atoms with Gasteiger partial charge in [0.2, 0.25) is 15.9 Å². The molecule has 2 rings (SSSR count). The zero-order valence-electron chi connectivity index (χ0n) is 12.0. The van der Waals surface area contributed by atoms with E-state index in [0.29, 0.717) is 32.7 Å². The topological polar surface area (TPSA) is 82.6 Å². The first-order valence-electron chi connectivity index (χ1n) is 6.79. The minimum absolute atomic E-state index is 0.0755. The van der Waals surface area contributed by atoms with Crippen LogP contribution in [-0.4, -0.2) is 67.5 Å². The fraction of sp³-hybridized carbons (Fsp3) is 0.538. The Morgan fingerprint density at radius 1 is 1.29 bits per heavy atom. The van der Waals surface area contributed by atoms with E-state index in [9.17, 15) is 13.2 Å². The smallest absolute Gasteiger partial charge is 0.234 e. The lowest BCUT2D eigenvalue weighted by molar-refractivity contribution is -0.122. The van der Waals surface area contributed by atoms with Gasteiger partial charge in [0.05, 0.1) is 25.0 Å². The van der Waals surface area contributed by atoms with Crippen molar-refractivity contribution < 1.29 is 13.2 Å². The fourth-order valence-electron chi connectivity index (χ4n) is 2.17.